The molecule has 184 valence electrons. The van der Waals surface area contributed by atoms with Gasteiger partial charge in [-0.25, -0.2) is 0 Å². The Balaban J connectivity index is 1.40. The number of piperidine rings is 1. The summed E-state index contributed by atoms with van der Waals surface area (Å²) >= 11 is 0. The SMILES string of the molecule is CC(C)Oc1ccc(C(F)(F)C(=O)CCc2ccc3c(c2)CN(C2CCC(=O)NC2=O)C3=O)nc1. The number of aryl methyl sites for hydroxylation is 1. The number of ketones is 1. The van der Waals surface area contributed by atoms with Crippen molar-refractivity contribution in [1.82, 2.24) is 15.2 Å². The molecule has 1 aromatic heterocycles. The predicted octanol–water partition coefficient (Wildman–Crippen LogP) is 2.92. The lowest BCUT2D eigenvalue weighted by Crippen LogP contribution is -2.52. The molecule has 2 aliphatic rings. The number of imide groups is 1. The Morgan fingerprint density at radius 2 is 2.00 bits per heavy atom. The van der Waals surface area contributed by atoms with Crippen LogP contribution < -0.4 is 10.1 Å². The summed E-state index contributed by atoms with van der Waals surface area (Å²) in [6, 6.07) is 6.60. The smallest absolute Gasteiger partial charge is 0.346 e. The maximum absolute atomic E-state index is 14.7. The topological polar surface area (TPSA) is 106 Å². The van der Waals surface area contributed by atoms with Gasteiger partial charge in [0.05, 0.1) is 12.3 Å². The lowest BCUT2D eigenvalue weighted by Gasteiger charge is -2.29. The van der Waals surface area contributed by atoms with Crippen molar-refractivity contribution >= 4 is 23.5 Å². The third kappa shape index (κ3) is 5.06. The first-order chi connectivity index (χ1) is 16.6. The van der Waals surface area contributed by atoms with Crippen LogP contribution in [-0.4, -0.2) is 45.5 Å². The Morgan fingerprint density at radius 1 is 1.23 bits per heavy atom. The van der Waals surface area contributed by atoms with Gasteiger partial charge in [-0.2, -0.15) is 8.78 Å². The second kappa shape index (κ2) is 9.52. The molecule has 1 aromatic carbocycles. The molecule has 10 heteroatoms. The molecule has 0 bridgehead atoms. The molecule has 0 aliphatic carbocycles. The Bertz CT molecular complexity index is 1180. The highest BCUT2D eigenvalue weighted by Gasteiger charge is 2.42. The van der Waals surface area contributed by atoms with E-state index in [1.54, 1.807) is 32.0 Å². The number of rotatable bonds is 8. The number of pyridine rings is 1. The van der Waals surface area contributed by atoms with Gasteiger partial charge in [-0.15, -0.1) is 0 Å². The van der Waals surface area contributed by atoms with Crippen LogP contribution in [0.5, 0.6) is 5.75 Å². The fourth-order valence-electron chi connectivity index (χ4n) is 4.25. The zero-order valence-electron chi connectivity index (χ0n) is 19.3. The number of halogens is 2. The minimum atomic E-state index is -3.74. The molecular formula is C25H25F2N3O5. The predicted molar refractivity (Wildman–Crippen MR) is 120 cm³/mol. The van der Waals surface area contributed by atoms with Crippen LogP contribution >= 0.6 is 0 Å². The molecule has 8 nitrogen and oxygen atoms in total. The molecule has 0 radical (unpaired) electrons. The fraction of sp³-hybridized carbons (Fsp3) is 0.400. The van der Waals surface area contributed by atoms with Gasteiger partial charge in [0.2, 0.25) is 17.6 Å². The highest BCUT2D eigenvalue weighted by molar-refractivity contribution is 6.05. The van der Waals surface area contributed by atoms with Crippen molar-refractivity contribution in [1.29, 1.82) is 0 Å². The number of nitrogens with zero attached hydrogens (tertiary/aromatic N) is 2. The first-order valence-electron chi connectivity index (χ1n) is 11.4. The van der Waals surface area contributed by atoms with Crippen molar-refractivity contribution in [3.05, 3.63) is 58.9 Å². The first-order valence-corrected chi connectivity index (χ1v) is 11.4. The van der Waals surface area contributed by atoms with E-state index >= 15 is 0 Å². The van der Waals surface area contributed by atoms with Gasteiger partial charge < -0.3 is 9.64 Å². The van der Waals surface area contributed by atoms with Gasteiger partial charge in [-0.05, 0) is 56.0 Å². The van der Waals surface area contributed by atoms with Crippen LogP contribution in [0.15, 0.2) is 36.5 Å². The number of Topliss-reactive ketones (excluding diaryl/α,β-unsaturated/α-hetero) is 1. The molecule has 1 atom stereocenters. The van der Waals surface area contributed by atoms with Crippen LogP contribution in [0.3, 0.4) is 0 Å². The average molecular weight is 485 g/mol. The van der Waals surface area contributed by atoms with Crippen LogP contribution in [0.25, 0.3) is 0 Å². The number of fused-ring (bicyclic) bond motifs is 1. The largest absolute Gasteiger partial charge is 0.489 e. The standard InChI is InChI=1S/C25H25F2N3O5/c1-14(2)35-17-5-8-20(28-12-17)25(26,27)21(31)9-4-15-3-6-18-16(11-15)13-30(24(18)34)19-7-10-22(32)29-23(19)33/h3,5-6,8,11-12,14,19H,4,7,9-10,13H2,1-2H3,(H,29,32,33). The van der Waals surface area contributed by atoms with E-state index in [-0.39, 0.29) is 43.7 Å². The van der Waals surface area contributed by atoms with E-state index < -0.39 is 35.8 Å². The summed E-state index contributed by atoms with van der Waals surface area (Å²) in [6.07, 6.45) is 1.08. The van der Waals surface area contributed by atoms with Gasteiger partial charge in [-0.1, -0.05) is 12.1 Å². The van der Waals surface area contributed by atoms with E-state index in [1.807, 2.05) is 0 Å². The normalized spacial score (nSPS) is 18.0. The van der Waals surface area contributed by atoms with Gasteiger partial charge >= 0.3 is 5.92 Å². The molecule has 1 unspecified atom stereocenters. The maximum Gasteiger partial charge on any atom is 0.346 e. The van der Waals surface area contributed by atoms with Crippen molar-refractivity contribution in [2.75, 3.05) is 0 Å². The molecule has 4 rings (SSSR count). The van der Waals surface area contributed by atoms with Gasteiger partial charge in [0.25, 0.3) is 5.91 Å². The van der Waals surface area contributed by atoms with Crippen molar-refractivity contribution in [2.24, 2.45) is 0 Å². The minimum Gasteiger partial charge on any atom is -0.489 e. The lowest BCUT2D eigenvalue weighted by molar-refractivity contribution is -0.145. The van der Waals surface area contributed by atoms with E-state index in [9.17, 15) is 28.0 Å². The Hall–Kier alpha value is -3.69. The summed E-state index contributed by atoms with van der Waals surface area (Å²) in [5.74, 6) is -5.86. The number of hydrogen-bond acceptors (Lipinski definition) is 6. The zero-order valence-corrected chi connectivity index (χ0v) is 19.3. The van der Waals surface area contributed by atoms with Crippen LogP contribution in [-0.2, 0) is 33.3 Å². The van der Waals surface area contributed by atoms with Crippen molar-refractivity contribution in [3.63, 3.8) is 0 Å². The Morgan fingerprint density at radius 3 is 2.66 bits per heavy atom. The van der Waals surface area contributed by atoms with Gasteiger partial charge in [0.1, 0.15) is 17.5 Å². The van der Waals surface area contributed by atoms with Crippen LogP contribution in [0.2, 0.25) is 0 Å². The van der Waals surface area contributed by atoms with Gasteiger partial charge in [0, 0.05) is 24.9 Å². The average Bonchev–Trinajstić information content (AvgIpc) is 3.13. The maximum atomic E-state index is 14.7. The summed E-state index contributed by atoms with van der Waals surface area (Å²) in [7, 11) is 0. The Labute approximate surface area is 200 Å². The van der Waals surface area contributed by atoms with Crippen molar-refractivity contribution in [3.8, 4) is 5.75 Å². The van der Waals surface area contributed by atoms with E-state index in [4.69, 9.17) is 4.74 Å². The van der Waals surface area contributed by atoms with Crippen LogP contribution in [0.4, 0.5) is 8.78 Å². The van der Waals surface area contributed by atoms with Crippen molar-refractivity contribution in [2.45, 2.75) is 64.1 Å². The quantitative estimate of drug-likeness (QED) is 0.577. The lowest BCUT2D eigenvalue weighted by atomic mass is 9.99. The number of amides is 3. The Kier molecular flexibility index (Phi) is 6.64. The number of carbonyl (C=O) groups excluding carboxylic acids is 4. The molecule has 1 fully saturated rings. The summed E-state index contributed by atoms with van der Waals surface area (Å²) in [4.78, 5) is 53.8. The van der Waals surface area contributed by atoms with E-state index in [0.717, 1.165) is 6.07 Å². The van der Waals surface area contributed by atoms with Gasteiger partial charge in [-0.3, -0.25) is 29.5 Å². The number of benzene rings is 1. The number of nitrogens with one attached hydrogen (secondary N) is 1. The number of ether oxygens (including phenoxy) is 1. The molecule has 1 N–H and O–H groups in total. The summed E-state index contributed by atoms with van der Waals surface area (Å²) < 4.78 is 34.7. The van der Waals surface area contributed by atoms with E-state index in [2.05, 4.69) is 10.3 Å². The monoisotopic (exact) mass is 485 g/mol. The summed E-state index contributed by atoms with van der Waals surface area (Å²) in [5.41, 5.74) is 1.05. The minimum absolute atomic E-state index is 0.0584. The molecule has 2 aliphatic heterocycles. The van der Waals surface area contributed by atoms with Crippen molar-refractivity contribution < 1.29 is 32.7 Å². The molecule has 0 spiro atoms. The zero-order chi connectivity index (χ0) is 25.3. The molecule has 2 aromatic rings. The van der Waals surface area contributed by atoms with Crippen LogP contribution in [0, 0.1) is 0 Å². The molecule has 3 amide bonds. The van der Waals surface area contributed by atoms with Crippen LogP contribution in [0.1, 0.15) is 60.3 Å². The number of aromatic nitrogens is 1. The second-order valence-corrected chi connectivity index (χ2v) is 8.93. The fourth-order valence-corrected chi connectivity index (χ4v) is 4.25. The van der Waals surface area contributed by atoms with E-state index in [0.29, 0.717) is 22.4 Å². The molecule has 1 saturated heterocycles. The molecule has 35 heavy (non-hydrogen) atoms. The molecule has 3 heterocycles. The number of carbonyl (C=O) groups is 4. The summed E-state index contributed by atoms with van der Waals surface area (Å²) in [6.45, 7) is 3.77. The molecular weight excluding hydrogens is 460 g/mol. The molecule has 0 saturated carbocycles. The highest BCUT2D eigenvalue weighted by Crippen LogP contribution is 2.32. The van der Waals surface area contributed by atoms with E-state index in [1.165, 1.54) is 17.2 Å². The second-order valence-electron chi connectivity index (χ2n) is 8.93. The summed E-state index contributed by atoms with van der Waals surface area (Å²) in [5, 5.41) is 2.24. The number of hydrogen-bond donors (Lipinski definition) is 1. The van der Waals surface area contributed by atoms with Gasteiger partial charge in [0.15, 0.2) is 0 Å². The number of alkyl halides is 2. The third-order valence-electron chi connectivity index (χ3n) is 6.01. The third-order valence-corrected chi connectivity index (χ3v) is 6.01. The highest BCUT2D eigenvalue weighted by atomic mass is 19.3. The first kappa shape index (κ1) is 24.4.